The number of rotatable bonds is 5. The lowest BCUT2D eigenvalue weighted by molar-refractivity contribution is 0.0383. The smallest absolute Gasteiger partial charge is 0.411 e. The highest BCUT2D eigenvalue weighted by Crippen LogP contribution is 2.47. The number of ether oxygens (including phenoxy) is 4. The monoisotopic (exact) mass is 567 g/mol. The van der Waals surface area contributed by atoms with Crippen molar-refractivity contribution in [2.75, 3.05) is 25.6 Å². The molecule has 1 amide bonds. The van der Waals surface area contributed by atoms with Gasteiger partial charge in [0.05, 0.1) is 41.2 Å². The van der Waals surface area contributed by atoms with E-state index in [0.717, 1.165) is 21.9 Å². The molecule has 4 heterocycles. The molecule has 0 radical (unpaired) electrons. The molecular weight excluding hydrogens is 549 g/mol. The highest BCUT2D eigenvalue weighted by molar-refractivity contribution is 7.22. The summed E-state index contributed by atoms with van der Waals surface area (Å²) in [4.78, 5) is 29.4. The standard InChI is InChI=1S/C26H19ClFN5O5S/c1-12-5-15(21-17(6-12)32-20(35-2)9-30-21)25-33-22-16(27)7-18-23(24(22)39-25)36-10-14(38-18)11-37-26(34)31-13-3-4-19(28)29-8-13/h3-9,14H,10-11H2,1-2H3,(H,31,34)/t14-/m1/s1. The molecule has 1 N–H and O–H groups in total. The van der Waals surface area contributed by atoms with Gasteiger partial charge < -0.3 is 18.9 Å². The number of thiazole rings is 1. The first kappa shape index (κ1) is 25.0. The first-order valence-electron chi connectivity index (χ1n) is 11.7. The minimum atomic E-state index is -0.732. The van der Waals surface area contributed by atoms with E-state index >= 15 is 0 Å². The van der Waals surface area contributed by atoms with Crippen molar-refractivity contribution >= 4 is 56.0 Å². The zero-order valence-corrected chi connectivity index (χ0v) is 22.1. The van der Waals surface area contributed by atoms with Crippen molar-refractivity contribution in [2.24, 2.45) is 0 Å². The summed E-state index contributed by atoms with van der Waals surface area (Å²) in [5, 5.41) is 3.57. The summed E-state index contributed by atoms with van der Waals surface area (Å²) in [6.07, 6.45) is 1.46. The minimum Gasteiger partial charge on any atom is -0.484 e. The average molecular weight is 568 g/mol. The van der Waals surface area contributed by atoms with Crippen LogP contribution in [0, 0.1) is 12.9 Å². The topological polar surface area (TPSA) is 118 Å². The fourth-order valence-corrected chi connectivity index (χ4v) is 5.48. The summed E-state index contributed by atoms with van der Waals surface area (Å²) < 4.78 is 36.2. The highest BCUT2D eigenvalue weighted by atomic mass is 35.5. The van der Waals surface area contributed by atoms with Crippen molar-refractivity contribution in [3.05, 3.63) is 59.3 Å². The van der Waals surface area contributed by atoms with Gasteiger partial charge in [-0.05, 0) is 36.8 Å². The van der Waals surface area contributed by atoms with Crippen LogP contribution in [0.4, 0.5) is 14.9 Å². The number of carbonyl (C=O) groups is 1. The molecule has 0 saturated heterocycles. The third-order valence-corrected chi connectivity index (χ3v) is 7.21. The Hall–Kier alpha value is -4.29. The first-order valence-corrected chi connectivity index (χ1v) is 12.9. The molecule has 6 rings (SSSR count). The van der Waals surface area contributed by atoms with E-state index in [2.05, 4.69) is 20.3 Å². The Morgan fingerprint density at radius 1 is 1.21 bits per heavy atom. The second kappa shape index (κ2) is 10.1. The summed E-state index contributed by atoms with van der Waals surface area (Å²) in [5.74, 6) is 0.711. The number of nitrogens with one attached hydrogen (secondary N) is 1. The van der Waals surface area contributed by atoms with Crippen molar-refractivity contribution < 1.29 is 28.1 Å². The van der Waals surface area contributed by atoms with Gasteiger partial charge in [0.2, 0.25) is 11.8 Å². The van der Waals surface area contributed by atoms with Gasteiger partial charge in [0, 0.05) is 11.6 Å². The zero-order chi connectivity index (χ0) is 27.1. The van der Waals surface area contributed by atoms with Crippen LogP contribution in [-0.2, 0) is 4.74 Å². The number of fused-ring (bicyclic) bond motifs is 4. The van der Waals surface area contributed by atoms with E-state index in [0.29, 0.717) is 49.6 Å². The molecular formula is C26H19ClFN5O5S. The molecule has 5 aromatic rings. The van der Waals surface area contributed by atoms with E-state index in [1.54, 1.807) is 19.4 Å². The summed E-state index contributed by atoms with van der Waals surface area (Å²) in [6, 6.07) is 8.08. The SMILES string of the molecule is COc1cnc2c(-c3nc4c(Cl)cc5c(c4s3)OC[C@H](COC(=O)Nc3ccc(F)nc3)O5)cc(C)cc2n1. The van der Waals surface area contributed by atoms with Crippen LogP contribution in [-0.4, -0.2) is 52.5 Å². The molecule has 0 fully saturated rings. The second-order valence-electron chi connectivity index (χ2n) is 8.62. The largest absolute Gasteiger partial charge is 0.484 e. The quantitative estimate of drug-likeness (QED) is 0.263. The van der Waals surface area contributed by atoms with E-state index in [-0.39, 0.29) is 13.2 Å². The van der Waals surface area contributed by atoms with Crippen molar-refractivity contribution in [1.29, 1.82) is 0 Å². The lowest BCUT2D eigenvalue weighted by atomic mass is 10.1. The molecule has 1 atom stereocenters. The van der Waals surface area contributed by atoms with Crippen LogP contribution in [0.3, 0.4) is 0 Å². The molecule has 198 valence electrons. The maximum atomic E-state index is 12.9. The molecule has 0 bridgehead atoms. The number of aryl methyl sites for hydroxylation is 1. The molecule has 0 saturated carbocycles. The van der Waals surface area contributed by atoms with Gasteiger partial charge in [-0.1, -0.05) is 11.6 Å². The van der Waals surface area contributed by atoms with Gasteiger partial charge in [-0.2, -0.15) is 4.39 Å². The maximum absolute atomic E-state index is 12.9. The number of aromatic nitrogens is 4. The van der Waals surface area contributed by atoms with Gasteiger partial charge in [0.1, 0.15) is 28.4 Å². The van der Waals surface area contributed by atoms with E-state index < -0.39 is 18.1 Å². The highest BCUT2D eigenvalue weighted by Gasteiger charge is 2.28. The van der Waals surface area contributed by atoms with Crippen LogP contribution in [0.2, 0.25) is 5.02 Å². The van der Waals surface area contributed by atoms with E-state index in [1.807, 2.05) is 19.1 Å². The van der Waals surface area contributed by atoms with E-state index in [4.69, 9.17) is 35.5 Å². The Balaban J connectivity index is 1.24. The van der Waals surface area contributed by atoms with Crippen LogP contribution < -0.4 is 19.5 Å². The van der Waals surface area contributed by atoms with Crippen LogP contribution in [0.1, 0.15) is 5.56 Å². The number of anilines is 1. The average Bonchev–Trinajstić information content (AvgIpc) is 3.38. The summed E-state index contributed by atoms with van der Waals surface area (Å²) in [7, 11) is 1.55. The molecule has 0 unspecified atom stereocenters. The normalized spacial score (nSPS) is 14.4. The molecule has 0 spiro atoms. The van der Waals surface area contributed by atoms with Crippen LogP contribution in [0.5, 0.6) is 17.4 Å². The van der Waals surface area contributed by atoms with Gasteiger partial charge in [0.15, 0.2) is 17.6 Å². The third kappa shape index (κ3) is 4.95. The van der Waals surface area contributed by atoms with Gasteiger partial charge >= 0.3 is 6.09 Å². The van der Waals surface area contributed by atoms with Gasteiger partial charge in [0.25, 0.3) is 0 Å². The van der Waals surface area contributed by atoms with E-state index in [1.165, 1.54) is 23.6 Å². The van der Waals surface area contributed by atoms with Crippen LogP contribution >= 0.6 is 22.9 Å². The molecule has 3 aromatic heterocycles. The van der Waals surface area contributed by atoms with Crippen molar-refractivity contribution in [1.82, 2.24) is 19.9 Å². The second-order valence-corrected chi connectivity index (χ2v) is 10.0. The predicted molar refractivity (Wildman–Crippen MR) is 144 cm³/mol. The third-order valence-electron chi connectivity index (χ3n) is 5.83. The fraction of sp³-hybridized carbons (Fsp3) is 0.192. The maximum Gasteiger partial charge on any atom is 0.411 e. The number of hydrogen-bond acceptors (Lipinski definition) is 10. The number of benzene rings is 2. The lowest BCUT2D eigenvalue weighted by Gasteiger charge is -2.26. The molecule has 39 heavy (non-hydrogen) atoms. The summed E-state index contributed by atoms with van der Waals surface area (Å²) in [5.41, 5.74) is 4.07. The fourth-order valence-electron chi connectivity index (χ4n) is 4.09. The summed E-state index contributed by atoms with van der Waals surface area (Å²) in [6.45, 7) is 2.03. The Morgan fingerprint density at radius 2 is 2.08 bits per heavy atom. The Kier molecular flexibility index (Phi) is 6.49. The Bertz CT molecular complexity index is 1730. The van der Waals surface area contributed by atoms with Gasteiger partial charge in [-0.25, -0.2) is 24.7 Å². The van der Waals surface area contributed by atoms with E-state index in [9.17, 15) is 9.18 Å². The molecule has 2 aromatic carbocycles. The van der Waals surface area contributed by atoms with Crippen molar-refractivity contribution in [2.45, 2.75) is 13.0 Å². The number of methoxy groups -OCH3 is 1. The summed E-state index contributed by atoms with van der Waals surface area (Å²) >= 11 is 8.00. The number of nitrogens with zero attached hydrogens (tertiary/aromatic N) is 4. The lowest BCUT2D eigenvalue weighted by Crippen LogP contribution is -2.35. The van der Waals surface area contributed by atoms with Gasteiger partial charge in [-0.15, -0.1) is 11.3 Å². The molecule has 1 aliphatic rings. The molecule has 13 heteroatoms. The molecule has 10 nitrogen and oxygen atoms in total. The number of amides is 1. The Morgan fingerprint density at radius 3 is 2.87 bits per heavy atom. The molecule has 0 aliphatic carbocycles. The van der Waals surface area contributed by atoms with Crippen LogP contribution in [0.25, 0.3) is 31.8 Å². The van der Waals surface area contributed by atoms with Crippen molar-refractivity contribution in [3.8, 4) is 28.0 Å². The predicted octanol–water partition coefficient (Wildman–Crippen LogP) is 5.80. The molecule has 1 aliphatic heterocycles. The van der Waals surface area contributed by atoms with Crippen LogP contribution in [0.15, 0.2) is 42.7 Å². The van der Waals surface area contributed by atoms with Gasteiger partial charge in [-0.3, -0.25) is 5.32 Å². The number of carbonyl (C=O) groups excluding carboxylic acids is 1. The zero-order valence-electron chi connectivity index (χ0n) is 20.5. The van der Waals surface area contributed by atoms with Crippen molar-refractivity contribution in [3.63, 3.8) is 0 Å². The minimum absolute atomic E-state index is 0.0824. The number of pyridine rings is 1. The Labute approximate surface area is 229 Å². The number of halogens is 2. The number of hydrogen-bond donors (Lipinski definition) is 1. The first-order chi connectivity index (χ1) is 18.9.